The molecule has 1 unspecified atom stereocenters. The SMILES string of the molecule is Fc1cccc(CC(CBr)Cc2ccccc2Cl)c1Br. The van der Waals surface area contributed by atoms with Crippen LogP contribution in [-0.2, 0) is 12.8 Å². The number of hydrogen-bond donors (Lipinski definition) is 0. The second-order valence-electron chi connectivity index (χ2n) is 4.73. The summed E-state index contributed by atoms with van der Waals surface area (Å²) in [5.41, 5.74) is 2.12. The van der Waals surface area contributed by atoms with Crippen LogP contribution in [0.25, 0.3) is 0 Å². The molecular formula is C16H14Br2ClF. The molecule has 20 heavy (non-hydrogen) atoms. The standard InChI is InChI=1S/C16H14Br2ClF/c17-10-11(8-12-4-1-2-6-14(12)19)9-13-5-3-7-15(20)16(13)18/h1-7,11H,8-10H2. The summed E-state index contributed by atoms with van der Waals surface area (Å²) in [7, 11) is 0. The Labute approximate surface area is 140 Å². The summed E-state index contributed by atoms with van der Waals surface area (Å²) in [4.78, 5) is 0. The molecule has 0 bridgehead atoms. The first kappa shape index (κ1) is 16.0. The van der Waals surface area contributed by atoms with Crippen molar-refractivity contribution in [3.8, 4) is 0 Å². The monoisotopic (exact) mass is 418 g/mol. The van der Waals surface area contributed by atoms with Crippen LogP contribution in [0, 0.1) is 11.7 Å². The molecule has 2 aromatic rings. The Hall–Kier alpha value is -0.380. The summed E-state index contributed by atoms with van der Waals surface area (Å²) in [6.45, 7) is 0. The van der Waals surface area contributed by atoms with Crippen molar-refractivity contribution in [2.45, 2.75) is 12.8 Å². The van der Waals surface area contributed by atoms with Crippen LogP contribution in [0.15, 0.2) is 46.9 Å². The van der Waals surface area contributed by atoms with E-state index in [0.29, 0.717) is 10.4 Å². The summed E-state index contributed by atoms with van der Waals surface area (Å²) in [5.74, 6) is 0.154. The van der Waals surface area contributed by atoms with Crippen molar-refractivity contribution >= 4 is 43.5 Å². The van der Waals surface area contributed by atoms with Crippen LogP contribution in [0.3, 0.4) is 0 Å². The highest BCUT2D eigenvalue weighted by atomic mass is 79.9. The lowest BCUT2D eigenvalue weighted by Gasteiger charge is -2.16. The molecule has 0 nitrogen and oxygen atoms in total. The molecule has 0 saturated carbocycles. The molecule has 2 aromatic carbocycles. The fraction of sp³-hybridized carbons (Fsp3) is 0.250. The van der Waals surface area contributed by atoms with E-state index in [1.165, 1.54) is 6.07 Å². The number of halogens is 4. The summed E-state index contributed by atoms with van der Waals surface area (Å²) < 4.78 is 14.1. The fourth-order valence-electron chi connectivity index (χ4n) is 2.17. The molecule has 0 amide bonds. The van der Waals surface area contributed by atoms with Gasteiger partial charge in [0.15, 0.2) is 0 Å². The lowest BCUT2D eigenvalue weighted by molar-refractivity contribution is 0.578. The van der Waals surface area contributed by atoms with Crippen LogP contribution < -0.4 is 0 Å². The molecule has 0 N–H and O–H groups in total. The highest BCUT2D eigenvalue weighted by Crippen LogP contribution is 2.27. The third-order valence-corrected chi connectivity index (χ3v) is 5.40. The molecule has 1 atom stereocenters. The van der Waals surface area contributed by atoms with Gasteiger partial charge in [0.1, 0.15) is 5.82 Å². The molecule has 0 saturated heterocycles. The average molecular weight is 421 g/mol. The van der Waals surface area contributed by atoms with Gasteiger partial charge in [-0.15, -0.1) is 0 Å². The first-order valence-corrected chi connectivity index (χ1v) is 8.63. The van der Waals surface area contributed by atoms with Crippen LogP contribution in [0.4, 0.5) is 4.39 Å². The van der Waals surface area contributed by atoms with Crippen molar-refractivity contribution < 1.29 is 4.39 Å². The smallest absolute Gasteiger partial charge is 0.137 e. The number of rotatable bonds is 5. The third kappa shape index (κ3) is 4.06. The van der Waals surface area contributed by atoms with E-state index in [0.717, 1.165) is 34.3 Å². The van der Waals surface area contributed by atoms with Gasteiger partial charge in [-0.25, -0.2) is 4.39 Å². The minimum Gasteiger partial charge on any atom is -0.206 e. The lowest BCUT2D eigenvalue weighted by atomic mass is 9.94. The lowest BCUT2D eigenvalue weighted by Crippen LogP contribution is -2.11. The van der Waals surface area contributed by atoms with Crippen LogP contribution >= 0.6 is 43.5 Å². The Morgan fingerprint density at radius 1 is 1.00 bits per heavy atom. The van der Waals surface area contributed by atoms with Crippen molar-refractivity contribution in [3.63, 3.8) is 0 Å². The van der Waals surface area contributed by atoms with Crippen molar-refractivity contribution in [2.24, 2.45) is 5.92 Å². The number of benzene rings is 2. The van der Waals surface area contributed by atoms with Gasteiger partial charge in [-0.2, -0.15) is 0 Å². The number of hydrogen-bond acceptors (Lipinski definition) is 0. The molecule has 106 valence electrons. The van der Waals surface area contributed by atoms with Gasteiger partial charge in [0.05, 0.1) is 4.47 Å². The van der Waals surface area contributed by atoms with Crippen LogP contribution in [0.2, 0.25) is 5.02 Å². The normalized spacial score (nSPS) is 12.4. The Bertz CT molecular complexity index is 586. The molecule has 4 heteroatoms. The second kappa shape index (κ2) is 7.58. The molecule has 0 radical (unpaired) electrons. The van der Waals surface area contributed by atoms with E-state index < -0.39 is 0 Å². The van der Waals surface area contributed by atoms with E-state index in [4.69, 9.17) is 11.6 Å². The zero-order valence-corrected chi connectivity index (χ0v) is 14.7. The average Bonchev–Trinajstić information content (AvgIpc) is 2.45. The van der Waals surface area contributed by atoms with Crippen molar-refractivity contribution in [1.29, 1.82) is 0 Å². The predicted molar refractivity (Wildman–Crippen MR) is 90.2 cm³/mol. The van der Waals surface area contributed by atoms with Gasteiger partial charge < -0.3 is 0 Å². The predicted octanol–water partition coefficient (Wildman–Crippen LogP) is 6.04. The molecule has 0 fully saturated rings. The highest BCUT2D eigenvalue weighted by molar-refractivity contribution is 9.10. The maximum atomic E-state index is 13.5. The third-order valence-electron chi connectivity index (χ3n) is 3.22. The molecule has 0 aliphatic rings. The Morgan fingerprint density at radius 3 is 2.35 bits per heavy atom. The summed E-state index contributed by atoms with van der Waals surface area (Å²) in [6.07, 6.45) is 1.67. The minimum absolute atomic E-state index is 0.214. The van der Waals surface area contributed by atoms with Gasteiger partial charge in [0.25, 0.3) is 0 Å². The quantitative estimate of drug-likeness (QED) is 0.518. The largest absolute Gasteiger partial charge is 0.206 e. The van der Waals surface area contributed by atoms with E-state index in [9.17, 15) is 4.39 Å². The first-order valence-electron chi connectivity index (χ1n) is 6.34. The molecule has 0 aromatic heterocycles. The Morgan fingerprint density at radius 2 is 1.65 bits per heavy atom. The van der Waals surface area contributed by atoms with E-state index in [2.05, 4.69) is 31.9 Å². The molecule has 0 spiro atoms. The minimum atomic E-state index is -0.214. The topological polar surface area (TPSA) is 0 Å². The molecule has 2 rings (SSSR count). The maximum absolute atomic E-state index is 13.5. The van der Waals surface area contributed by atoms with Crippen molar-refractivity contribution in [3.05, 3.63) is 68.9 Å². The molecule has 0 aliphatic heterocycles. The summed E-state index contributed by atoms with van der Waals surface area (Å²) in [6, 6.07) is 13.0. The fourth-order valence-corrected chi connectivity index (χ4v) is 3.27. The van der Waals surface area contributed by atoms with Gasteiger partial charge >= 0.3 is 0 Å². The first-order chi connectivity index (χ1) is 9.61. The summed E-state index contributed by atoms with van der Waals surface area (Å²) in [5, 5.41) is 1.64. The Kier molecular flexibility index (Phi) is 6.06. The zero-order chi connectivity index (χ0) is 14.5. The van der Waals surface area contributed by atoms with E-state index in [1.807, 2.05) is 30.3 Å². The highest BCUT2D eigenvalue weighted by Gasteiger charge is 2.14. The van der Waals surface area contributed by atoms with Crippen molar-refractivity contribution in [2.75, 3.05) is 5.33 Å². The molecule has 0 heterocycles. The number of alkyl halides is 1. The zero-order valence-electron chi connectivity index (χ0n) is 10.8. The second-order valence-corrected chi connectivity index (χ2v) is 6.58. The maximum Gasteiger partial charge on any atom is 0.137 e. The van der Waals surface area contributed by atoms with Crippen LogP contribution in [0.5, 0.6) is 0 Å². The van der Waals surface area contributed by atoms with Crippen molar-refractivity contribution in [1.82, 2.24) is 0 Å². The Balaban J connectivity index is 2.14. The van der Waals surface area contributed by atoms with E-state index in [1.54, 1.807) is 6.07 Å². The van der Waals surface area contributed by atoms with Gasteiger partial charge in [-0.3, -0.25) is 0 Å². The molecule has 0 aliphatic carbocycles. The van der Waals surface area contributed by atoms with Crippen LogP contribution in [-0.4, -0.2) is 5.33 Å². The van der Waals surface area contributed by atoms with E-state index in [-0.39, 0.29) is 5.82 Å². The molecular weight excluding hydrogens is 406 g/mol. The van der Waals surface area contributed by atoms with Gasteiger partial charge in [-0.1, -0.05) is 57.9 Å². The van der Waals surface area contributed by atoms with Crippen LogP contribution in [0.1, 0.15) is 11.1 Å². The van der Waals surface area contributed by atoms with Gasteiger partial charge in [0, 0.05) is 10.4 Å². The van der Waals surface area contributed by atoms with Gasteiger partial charge in [0.2, 0.25) is 0 Å². The van der Waals surface area contributed by atoms with Gasteiger partial charge in [-0.05, 0) is 57.9 Å². The van der Waals surface area contributed by atoms with E-state index >= 15 is 0 Å². The summed E-state index contributed by atoms with van der Waals surface area (Å²) >= 11 is 13.1.